The molecule has 0 bridgehead atoms. The molecule has 264 valence electrons. The normalized spacial score (nSPS) is 13.8. The Bertz CT molecular complexity index is 2320. The number of amides is 1. The maximum Gasteiger partial charge on any atom is 0.306 e. The zero-order valence-electron chi connectivity index (χ0n) is 27.6. The fourth-order valence-electron chi connectivity index (χ4n) is 5.78. The van der Waals surface area contributed by atoms with Crippen LogP contribution >= 0.6 is 0 Å². The van der Waals surface area contributed by atoms with Crippen LogP contribution < -0.4 is 9.75 Å². The van der Waals surface area contributed by atoms with Crippen LogP contribution in [0.25, 0.3) is 10.9 Å². The maximum atomic E-state index is 15.7. The lowest BCUT2D eigenvalue weighted by Crippen LogP contribution is -2.20. The number of halogens is 4. The zero-order chi connectivity index (χ0) is 36.6. The molecule has 1 aromatic heterocycles. The Morgan fingerprint density at radius 3 is 2.43 bits per heavy atom. The van der Waals surface area contributed by atoms with E-state index in [0.29, 0.717) is 0 Å². The molecule has 6 rings (SSSR count). The number of hydrogen-bond donors (Lipinski definition) is 0. The summed E-state index contributed by atoms with van der Waals surface area (Å²) in [6.07, 6.45) is 0.926. The summed E-state index contributed by atoms with van der Waals surface area (Å²) < 4.78 is 99.5. The lowest BCUT2D eigenvalue weighted by Gasteiger charge is -2.16. The second kappa shape index (κ2) is 14.0. The minimum Gasteiger partial charge on any atom is -0.466 e. The number of esters is 1. The maximum absolute atomic E-state index is 15.7. The van der Waals surface area contributed by atoms with Crippen molar-refractivity contribution in [2.24, 2.45) is 5.10 Å². The van der Waals surface area contributed by atoms with Crippen LogP contribution in [0.1, 0.15) is 49.3 Å². The van der Waals surface area contributed by atoms with Crippen LogP contribution in [-0.4, -0.2) is 36.6 Å². The van der Waals surface area contributed by atoms with Crippen molar-refractivity contribution in [2.45, 2.75) is 50.8 Å². The number of aryl methyl sites for hydroxylation is 2. The summed E-state index contributed by atoms with van der Waals surface area (Å²) in [5, 5.41) is 4.81. The fraction of sp³-hybridized carbons (Fsp3) is 0.216. The van der Waals surface area contributed by atoms with Gasteiger partial charge in [0.1, 0.15) is 23.1 Å². The topological polar surface area (TPSA) is 107 Å². The van der Waals surface area contributed by atoms with E-state index < -0.39 is 56.8 Å². The van der Waals surface area contributed by atoms with Crippen molar-refractivity contribution in [1.29, 1.82) is 0 Å². The van der Waals surface area contributed by atoms with E-state index in [1.165, 1.54) is 18.2 Å². The first kappa shape index (κ1) is 35.3. The van der Waals surface area contributed by atoms with Gasteiger partial charge in [-0.3, -0.25) is 9.59 Å². The molecule has 0 fully saturated rings. The predicted molar refractivity (Wildman–Crippen MR) is 181 cm³/mol. The van der Waals surface area contributed by atoms with E-state index in [2.05, 4.69) is 5.10 Å². The number of benzene rings is 4. The molecule has 1 unspecified atom stereocenters. The Morgan fingerprint density at radius 2 is 1.71 bits per heavy atom. The van der Waals surface area contributed by atoms with E-state index in [9.17, 15) is 18.0 Å². The van der Waals surface area contributed by atoms with E-state index >= 15 is 17.6 Å². The van der Waals surface area contributed by atoms with Gasteiger partial charge in [-0.2, -0.15) is 10.1 Å². The molecule has 5 aromatic rings. The summed E-state index contributed by atoms with van der Waals surface area (Å²) >= 11 is 0. The van der Waals surface area contributed by atoms with Crippen molar-refractivity contribution in [2.75, 3.05) is 11.6 Å². The van der Waals surface area contributed by atoms with Gasteiger partial charge in [-0.15, -0.1) is 0 Å². The van der Waals surface area contributed by atoms with Crippen molar-refractivity contribution in [3.8, 4) is 11.5 Å². The first-order valence-electron chi connectivity index (χ1n) is 15.9. The molecule has 1 aliphatic rings. The van der Waals surface area contributed by atoms with E-state index in [-0.39, 0.29) is 69.9 Å². The van der Waals surface area contributed by atoms with Gasteiger partial charge >= 0.3 is 5.97 Å². The molecule has 0 aliphatic carbocycles. The molecule has 0 saturated carbocycles. The van der Waals surface area contributed by atoms with Gasteiger partial charge in [0.2, 0.25) is 0 Å². The van der Waals surface area contributed by atoms with Gasteiger partial charge in [-0.05, 0) is 61.7 Å². The summed E-state index contributed by atoms with van der Waals surface area (Å²) in [4.78, 5) is 24.8. The molecule has 1 aliphatic heterocycles. The van der Waals surface area contributed by atoms with Crippen LogP contribution in [0.2, 0.25) is 0 Å². The molecule has 9 nitrogen and oxygen atoms in total. The summed E-state index contributed by atoms with van der Waals surface area (Å²) in [7, 11) is -4.20. The highest BCUT2D eigenvalue weighted by Gasteiger charge is 2.32. The van der Waals surface area contributed by atoms with Gasteiger partial charge in [0, 0.05) is 36.1 Å². The number of carbonyl (C=O) groups excluding carboxylic acids is 2. The molecule has 0 spiro atoms. The number of rotatable bonds is 11. The van der Waals surface area contributed by atoms with Crippen molar-refractivity contribution in [3.63, 3.8) is 0 Å². The van der Waals surface area contributed by atoms with Crippen molar-refractivity contribution in [1.82, 2.24) is 3.97 Å². The number of hydrazone groups is 1. The molecular weight excluding hydrogens is 690 g/mol. The second-order valence-electron chi connectivity index (χ2n) is 11.9. The highest BCUT2D eigenvalue weighted by atomic mass is 32.2. The smallest absolute Gasteiger partial charge is 0.306 e. The highest BCUT2D eigenvalue weighted by Crippen LogP contribution is 2.38. The molecular formula is C37H31F4N3O6S. The average Bonchev–Trinajstić information content (AvgIpc) is 3.71. The van der Waals surface area contributed by atoms with Gasteiger partial charge in [0.05, 0.1) is 29.2 Å². The third kappa shape index (κ3) is 6.83. The Kier molecular flexibility index (Phi) is 9.71. The number of anilines is 1. The third-order valence-corrected chi connectivity index (χ3v) is 10.2. The lowest BCUT2D eigenvalue weighted by atomic mass is 9.91. The standard InChI is InChI=1S/C37H31F4N3O6S/c1-4-49-34(46)15-10-23-6-5-7-26(35(23)40)22(3)30-20-33(45)44(42-30)32-18-24(11-14-28(32)38)50-37-29(39)19-31-27(36(37)41)16-17-43(31)51(47,48)25-12-8-21(2)9-13-25/h5-9,11-14,16-19,22H,4,10,15,20H2,1-3H3. The Labute approximate surface area is 290 Å². The van der Waals surface area contributed by atoms with Gasteiger partial charge in [0.15, 0.2) is 17.4 Å². The number of ether oxygens (including phenoxy) is 2. The molecule has 2 heterocycles. The molecule has 0 radical (unpaired) electrons. The van der Waals surface area contributed by atoms with Gasteiger partial charge in [-0.25, -0.2) is 30.0 Å². The molecule has 1 atom stereocenters. The SMILES string of the molecule is CCOC(=O)CCc1cccc(C(C)C2=NN(c3cc(Oc4c(F)cc5c(ccn5S(=O)(=O)c5ccc(C)cc5)c4F)ccc3F)C(=O)C2)c1F. The highest BCUT2D eigenvalue weighted by molar-refractivity contribution is 7.90. The number of aromatic nitrogens is 1. The minimum atomic E-state index is -4.20. The predicted octanol–water partition coefficient (Wildman–Crippen LogP) is 7.93. The van der Waals surface area contributed by atoms with Crippen LogP contribution in [0.4, 0.5) is 23.2 Å². The fourth-order valence-corrected chi connectivity index (χ4v) is 7.12. The summed E-state index contributed by atoms with van der Waals surface area (Å²) in [6, 6.07) is 15.7. The lowest BCUT2D eigenvalue weighted by molar-refractivity contribution is -0.143. The Morgan fingerprint density at radius 1 is 0.961 bits per heavy atom. The Balaban J connectivity index is 1.26. The largest absolute Gasteiger partial charge is 0.466 e. The molecule has 0 N–H and O–H groups in total. The number of nitrogens with zero attached hydrogens (tertiary/aromatic N) is 3. The molecule has 1 amide bonds. The third-order valence-electron chi connectivity index (χ3n) is 8.53. The van der Waals surface area contributed by atoms with Crippen LogP contribution in [0.3, 0.4) is 0 Å². The average molecular weight is 722 g/mol. The van der Waals surface area contributed by atoms with Crippen LogP contribution in [-0.2, 0) is 30.8 Å². The zero-order valence-corrected chi connectivity index (χ0v) is 28.4. The number of hydrogen-bond acceptors (Lipinski definition) is 7. The van der Waals surface area contributed by atoms with E-state index in [1.54, 1.807) is 45.0 Å². The molecule has 51 heavy (non-hydrogen) atoms. The Hall–Kier alpha value is -5.50. The minimum absolute atomic E-state index is 0.0161. The van der Waals surface area contributed by atoms with Crippen molar-refractivity contribution < 1.29 is 45.0 Å². The van der Waals surface area contributed by atoms with E-state index in [0.717, 1.165) is 51.1 Å². The van der Waals surface area contributed by atoms with Gasteiger partial charge in [0.25, 0.3) is 15.9 Å². The first-order valence-corrected chi connectivity index (χ1v) is 17.4. The quantitative estimate of drug-likeness (QED) is 0.101. The second-order valence-corrected chi connectivity index (χ2v) is 13.7. The summed E-state index contributed by atoms with van der Waals surface area (Å²) in [6.45, 7) is 5.31. The van der Waals surface area contributed by atoms with Gasteiger partial charge in [-0.1, -0.05) is 42.8 Å². The van der Waals surface area contributed by atoms with Gasteiger partial charge < -0.3 is 9.47 Å². The first-order chi connectivity index (χ1) is 24.3. The summed E-state index contributed by atoms with van der Waals surface area (Å²) in [5.41, 5.74) is 0.931. The van der Waals surface area contributed by atoms with Crippen molar-refractivity contribution >= 4 is 44.2 Å². The molecule has 0 saturated heterocycles. The van der Waals surface area contributed by atoms with E-state index in [1.807, 2.05) is 0 Å². The number of carbonyl (C=O) groups is 2. The summed E-state index contributed by atoms with van der Waals surface area (Å²) in [5.74, 6) is -6.82. The van der Waals surface area contributed by atoms with Crippen LogP contribution in [0, 0.1) is 30.2 Å². The van der Waals surface area contributed by atoms with E-state index in [4.69, 9.17) is 9.47 Å². The monoisotopic (exact) mass is 721 g/mol. The van der Waals surface area contributed by atoms with Crippen molar-refractivity contribution in [3.05, 3.63) is 119 Å². The molecule has 4 aromatic carbocycles. The molecule has 14 heteroatoms. The van der Waals surface area contributed by atoms with Crippen LogP contribution in [0.15, 0.2) is 89.0 Å². The van der Waals surface area contributed by atoms with Crippen LogP contribution in [0.5, 0.6) is 11.5 Å². The number of fused-ring (bicyclic) bond motifs is 1.